The molecule has 1 saturated heterocycles. The maximum Gasteiger partial charge on any atom is 0.119 e. The Hall–Kier alpha value is -0.360. The van der Waals surface area contributed by atoms with Crippen LogP contribution in [0.5, 0.6) is 0 Å². The van der Waals surface area contributed by atoms with E-state index in [2.05, 4.69) is 14.9 Å². The molecule has 2 N–H and O–H groups in total. The third-order valence-electron chi connectivity index (χ3n) is 2.61. The standard InChI is InChI=1S/C10H16N4S.ClH/c1-15-10-9(12-3-4-13-10)7-14-5-2-8(11)6-14;/h3-4,8H,2,5-7,11H2,1H3;1H/t8-;/m1./s1. The summed E-state index contributed by atoms with van der Waals surface area (Å²) in [4.78, 5) is 11.0. The Morgan fingerprint density at radius 3 is 2.88 bits per heavy atom. The lowest BCUT2D eigenvalue weighted by Crippen LogP contribution is -2.26. The quantitative estimate of drug-likeness (QED) is 0.827. The van der Waals surface area contributed by atoms with Gasteiger partial charge in [0.25, 0.3) is 0 Å². The summed E-state index contributed by atoms with van der Waals surface area (Å²) in [6, 6.07) is 0.333. The van der Waals surface area contributed by atoms with Gasteiger partial charge in [-0.2, -0.15) is 0 Å². The van der Waals surface area contributed by atoms with E-state index >= 15 is 0 Å². The normalized spacial score (nSPS) is 20.8. The van der Waals surface area contributed by atoms with E-state index in [0.717, 1.165) is 36.8 Å². The lowest BCUT2D eigenvalue weighted by Gasteiger charge is -2.15. The number of rotatable bonds is 3. The molecule has 0 amide bonds. The monoisotopic (exact) mass is 260 g/mol. The van der Waals surface area contributed by atoms with Gasteiger partial charge in [-0.25, -0.2) is 4.98 Å². The van der Waals surface area contributed by atoms with Gasteiger partial charge in [-0.15, -0.1) is 24.2 Å². The second-order valence-electron chi connectivity index (χ2n) is 3.80. The summed E-state index contributed by atoms with van der Waals surface area (Å²) in [7, 11) is 0. The number of nitrogens with two attached hydrogens (primary N) is 1. The number of hydrogen-bond acceptors (Lipinski definition) is 5. The molecule has 0 spiro atoms. The van der Waals surface area contributed by atoms with Gasteiger partial charge in [0.15, 0.2) is 0 Å². The third-order valence-corrected chi connectivity index (χ3v) is 3.34. The molecule has 16 heavy (non-hydrogen) atoms. The molecule has 2 heterocycles. The van der Waals surface area contributed by atoms with E-state index < -0.39 is 0 Å². The Kier molecular flexibility index (Phi) is 5.48. The molecule has 1 aromatic rings. The molecule has 1 aliphatic rings. The van der Waals surface area contributed by atoms with Crippen LogP contribution in [0.4, 0.5) is 0 Å². The second kappa shape index (κ2) is 6.39. The molecule has 1 atom stereocenters. The summed E-state index contributed by atoms with van der Waals surface area (Å²) in [6.07, 6.45) is 6.62. The van der Waals surface area contributed by atoms with Crippen molar-refractivity contribution in [3.8, 4) is 0 Å². The predicted octanol–water partition coefficient (Wildman–Crippen LogP) is 1.15. The van der Waals surface area contributed by atoms with Gasteiger partial charge < -0.3 is 5.73 Å². The van der Waals surface area contributed by atoms with Gasteiger partial charge >= 0.3 is 0 Å². The molecule has 0 saturated carbocycles. The van der Waals surface area contributed by atoms with Gasteiger partial charge in [-0.1, -0.05) is 0 Å². The summed E-state index contributed by atoms with van der Waals surface area (Å²) in [5, 5.41) is 1.03. The van der Waals surface area contributed by atoms with Crippen molar-refractivity contribution in [1.29, 1.82) is 0 Å². The van der Waals surface area contributed by atoms with Crippen molar-refractivity contribution in [2.75, 3.05) is 19.3 Å². The Bertz CT molecular complexity index is 336. The van der Waals surface area contributed by atoms with Gasteiger partial charge in [0, 0.05) is 38.1 Å². The Morgan fingerprint density at radius 1 is 1.50 bits per heavy atom. The molecule has 1 aromatic heterocycles. The van der Waals surface area contributed by atoms with Crippen molar-refractivity contribution in [3.63, 3.8) is 0 Å². The molecule has 1 fully saturated rings. The van der Waals surface area contributed by atoms with E-state index in [9.17, 15) is 0 Å². The van der Waals surface area contributed by atoms with E-state index in [0.29, 0.717) is 6.04 Å². The molecule has 2 rings (SSSR count). The van der Waals surface area contributed by atoms with Crippen molar-refractivity contribution in [2.24, 2.45) is 5.73 Å². The fourth-order valence-corrected chi connectivity index (χ4v) is 2.37. The third kappa shape index (κ3) is 3.31. The number of likely N-dealkylation sites (tertiary alicyclic amines) is 1. The highest BCUT2D eigenvalue weighted by atomic mass is 35.5. The number of aromatic nitrogens is 2. The molecule has 0 radical (unpaired) electrons. The zero-order valence-corrected chi connectivity index (χ0v) is 10.9. The maximum absolute atomic E-state index is 5.87. The SMILES string of the molecule is CSc1nccnc1CN1CC[C@@H](N)C1.Cl. The highest BCUT2D eigenvalue weighted by Gasteiger charge is 2.20. The minimum absolute atomic E-state index is 0. The van der Waals surface area contributed by atoms with E-state index in [-0.39, 0.29) is 12.4 Å². The summed E-state index contributed by atoms with van der Waals surface area (Å²) < 4.78 is 0. The Morgan fingerprint density at radius 2 is 2.25 bits per heavy atom. The Balaban J connectivity index is 0.00000128. The van der Waals surface area contributed by atoms with Crippen LogP contribution in [0.2, 0.25) is 0 Å². The largest absolute Gasteiger partial charge is 0.326 e. The van der Waals surface area contributed by atoms with E-state index in [1.54, 1.807) is 24.2 Å². The van der Waals surface area contributed by atoms with Crippen LogP contribution in [-0.4, -0.2) is 40.3 Å². The molecular formula is C10H17ClN4S. The molecular weight excluding hydrogens is 244 g/mol. The number of hydrogen-bond donors (Lipinski definition) is 1. The topological polar surface area (TPSA) is 55.0 Å². The summed E-state index contributed by atoms with van der Waals surface area (Å²) >= 11 is 1.65. The lowest BCUT2D eigenvalue weighted by atomic mass is 10.3. The summed E-state index contributed by atoms with van der Waals surface area (Å²) in [6.45, 7) is 2.92. The van der Waals surface area contributed by atoms with Gasteiger partial charge in [0.05, 0.1) is 5.69 Å². The number of nitrogens with zero attached hydrogens (tertiary/aromatic N) is 3. The van der Waals surface area contributed by atoms with Crippen molar-refractivity contribution >= 4 is 24.2 Å². The van der Waals surface area contributed by atoms with Crippen molar-refractivity contribution in [1.82, 2.24) is 14.9 Å². The molecule has 0 aromatic carbocycles. The summed E-state index contributed by atoms with van der Waals surface area (Å²) in [5.74, 6) is 0. The van der Waals surface area contributed by atoms with Crippen LogP contribution in [0.25, 0.3) is 0 Å². The molecule has 0 bridgehead atoms. The zero-order valence-electron chi connectivity index (χ0n) is 9.30. The number of thioether (sulfide) groups is 1. The van der Waals surface area contributed by atoms with Gasteiger partial charge in [-0.05, 0) is 12.7 Å². The fourth-order valence-electron chi connectivity index (χ4n) is 1.85. The molecule has 90 valence electrons. The molecule has 0 aliphatic carbocycles. The van der Waals surface area contributed by atoms with Crippen molar-refractivity contribution < 1.29 is 0 Å². The van der Waals surface area contributed by atoms with Crippen molar-refractivity contribution in [2.45, 2.75) is 24.0 Å². The van der Waals surface area contributed by atoms with Crippen LogP contribution in [0.15, 0.2) is 17.4 Å². The smallest absolute Gasteiger partial charge is 0.119 e. The van der Waals surface area contributed by atoms with Crippen LogP contribution in [0.3, 0.4) is 0 Å². The van der Waals surface area contributed by atoms with Crippen LogP contribution >= 0.6 is 24.2 Å². The van der Waals surface area contributed by atoms with Crippen LogP contribution in [0.1, 0.15) is 12.1 Å². The zero-order chi connectivity index (χ0) is 10.7. The minimum atomic E-state index is 0. The fraction of sp³-hybridized carbons (Fsp3) is 0.600. The van der Waals surface area contributed by atoms with Crippen LogP contribution in [-0.2, 0) is 6.54 Å². The average Bonchev–Trinajstić information content (AvgIpc) is 2.65. The first-order valence-electron chi connectivity index (χ1n) is 5.11. The lowest BCUT2D eigenvalue weighted by molar-refractivity contribution is 0.319. The second-order valence-corrected chi connectivity index (χ2v) is 4.59. The molecule has 6 heteroatoms. The first kappa shape index (κ1) is 13.7. The number of halogens is 1. The van der Waals surface area contributed by atoms with Crippen LogP contribution < -0.4 is 5.73 Å². The van der Waals surface area contributed by atoms with Crippen molar-refractivity contribution in [3.05, 3.63) is 18.1 Å². The van der Waals surface area contributed by atoms with Gasteiger partial charge in [0.1, 0.15) is 5.03 Å². The highest BCUT2D eigenvalue weighted by Crippen LogP contribution is 2.18. The Labute approximate surface area is 106 Å². The average molecular weight is 261 g/mol. The van der Waals surface area contributed by atoms with E-state index in [1.165, 1.54) is 0 Å². The van der Waals surface area contributed by atoms with E-state index in [1.807, 2.05) is 6.26 Å². The van der Waals surface area contributed by atoms with Gasteiger partial charge in [0.2, 0.25) is 0 Å². The molecule has 4 nitrogen and oxygen atoms in total. The van der Waals surface area contributed by atoms with Crippen LogP contribution in [0, 0.1) is 0 Å². The summed E-state index contributed by atoms with van der Waals surface area (Å²) in [5.41, 5.74) is 6.94. The predicted molar refractivity (Wildman–Crippen MR) is 68.9 cm³/mol. The van der Waals surface area contributed by atoms with Gasteiger partial charge in [-0.3, -0.25) is 9.88 Å². The molecule has 0 unspecified atom stereocenters. The first-order chi connectivity index (χ1) is 7.29. The molecule has 1 aliphatic heterocycles. The highest BCUT2D eigenvalue weighted by molar-refractivity contribution is 7.98. The first-order valence-corrected chi connectivity index (χ1v) is 6.34. The maximum atomic E-state index is 5.87. The van der Waals surface area contributed by atoms with E-state index in [4.69, 9.17) is 5.73 Å². The minimum Gasteiger partial charge on any atom is -0.326 e.